The van der Waals surface area contributed by atoms with Crippen LogP contribution in [0.1, 0.15) is 68.2 Å². The van der Waals surface area contributed by atoms with Gasteiger partial charge in [0.1, 0.15) is 36.8 Å². The average Bonchev–Trinajstić information content (AvgIpc) is 3.01. The van der Waals surface area contributed by atoms with Crippen molar-refractivity contribution in [2.75, 3.05) is 13.2 Å². The van der Waals surface area contributed by atoms with Gasteiger partial charge in [0, 0.05) is 40.7 Å². The Kier molecular flexibility index (Phi) is 14.5. The summed E-state index contributed by atoms with van der Waals surface area (Å²) in [7, 11) is 0. The molecule has 0 saturated carbocycles. The Bertz CT molecular complexity index is 1740. The first-order valence-corrected chi connectivity index (χ1v) is 15.8. The molecule has 3 rings (SSSR count). The summed E-state index contributed by atoms with van der Waals surface area (Å²) in [6.07, 6.45) is 0.794. The van der Waals surface area contributed by atoms with Gasteiger partial charge in [0.15, 0.2) is 18.0 Å². The minimum atomic E-state index is -1.66. The lowest BCUT2D eigenvalue weighted by Crippen LogP contribution is -2.63. The highest BCUT2D eigenvalue weighted by Gasteiger charge is 2.53. The number of carbonyl (C=O) groups excluding carboxylic acids is 4. The van der Waals surface area contributed by atoms with Crippen LogP contribution in [0.25, 0.3) is 11.0 Å². The zero-order valence-corrected chi connectivity index (χ0v) is 29.3. The highest BCUT2D eigenvalue weighted by Crippen LogP contribution is 2.38. The van der Waals surface area contributed by atoms with E-state index in [-0.39, 0.29) is 23.3 Å². The van der Waals surface area contributed by atoms with E-state index in [0.717, 1.165) is 46.1 Å². The lowest BCUT2D eigenvalue weighted by Gasteiger charge is -2.43. The summed E-state index contributed by atoms with van der Waals surface area (Å²) in [6.45, 7) is 11.8. The molecule has 14 nitrogen and oxygen atoms in total. The second kappa shape index (κ2) is 18.5. The molecule has 0 amide bonds. The van der Waals surface area contributed by atoms with Crippen LogP contribution in [-0.4, -0.2) is 67.8 Å². The number of esters is 4. The molecule has 2 heterocycles. The molecular weight excluding hydrogens is 656 g/mol. The van der Waals surface area contributed by atoms with E-state index in [1.54, 1.807) is 12.1 Å². The first-order chi connectivity index (χ1) is 23.7. The molecule has 50 heavy (non-hydrogen) atoms. The molecule has 1 aliphatic heterocycles. The molecule has 5 atom stereocenters. The van der Waals surface area contributed by atoms with Gasteiger partial charge in [-0.05, 0) is 51.8 Å². The van der Waals surface area contributed by atoms with Crippen molar-refractivity contribution < 1.29 is 61.5 Å². The van der Waals surface area contributed by atoms with E-state index in [9.17, 15) is 24.0 Å². The summed E-state index contributed by atoms with van der Waals surface area (Å²) in [5.74, 6) is -0.950. The summed E-state index contributed by atoms with van der Waals surface area (Å²) in [6, 6.07) is 4.65. The fourth-order valence-corrected chi connectivity index (χ4v) is 4.90. The van der Waals surface area contributed by atoms with Crippen LogP contribution >= 0.6 is 0 Å². The van der Waals surface area contributed by atoms with Gasteiger partial charge in [-0.2, -0.15) is 0 Å². The third-order valence-corrected chi connectivity index (χ3v) is 7.00. The Balaban J connectivity index is 2.09. The van der Waals surface area contributed by atoms with Crippen molar-refractivity contribution in [3.63, 3.8) is 0 Å². The molecule has 1 saturated heterocycles. The van der Waals surface area contributed by atoms with Crippen molar-refractivity contribution >= 4 is 34.8 Å². The van der Waals surface area contributed by atoms with Crippen LogP contribution in [0.15, 0.2) is 50.7 Å². The molecule has 1 aliphatic rings. The first-order valence-electron chi connectivity index (χ1n) is 15.8. The van der Waals surface area contributed by atoms with Crippen molar-refractivity contribution in [2.24, 2.45) is 0 Å². The molecule has 1 aromatic heterocycles. The number of fused-ring (bicyclic) bond motifs is 1. The van der Waals surface area contributed by atoms with Crippen LogP contribution in [0.2, 0.25) is 0 Å². The molecular formula is C36H42O14. The van der Waals surface area contributed by atoms with E-state index in [1.807, 2.05) is 26.8 Å². The Morgan fingerprint density at radius 3 is 2.12 bits per heavy atom. The molecule has 0 spiro atoms. The molecule has 270 valence electrons. The smallest absolute Gasteiger partial charge is 0.384 e. The van der Waals surface area contributed by atoms with E-state index >= 15 is 0 Å². The Hall–Kier alpha value is -5.29. The molecule has 0 radical (unpaired) electrons. The standard InChI is InChI=1S/C36H42O14/c1-9-16-43-33-30(27-14-13-26(18-28(27)48-35(33)41)42-17-15-21(4)12-10-11-20(2)3)50-36-34(47-25(8)40)32(46-24(7)39)31(45-23(6)38)29(49-36)19-44-22(5)37/h11,13-15,18,29,31-32,34,36H,10,12,17,19H2,1-8H3/b21-15+/t29-,31-,32+,34+,36-/m1/s1. The zero-order valence-electron chi connectivity index (χ0n) is 29.3. The monoisotopic (exact) mass is 698 g/mol. The molecule has 0 bridgehead atoms. The second-order valence-corrected chi connectivity index (χ2v) is 11.5. The molecule has 1 fully saturated rings. The zero-order chi connectivity index (χ0) is 37.0. The van der Waals surface area contributed by atoms with Gasteiger partial charge in [-0.15, -0.1) is 0 Å². The number of benzene rings is 1. The van der Waals surface area contributed by atoms with Gasteiger partial charge in [0.05, 0.1) is 5.39 Å². The SMILES string of the molecule is CC#COc1c(O[C@H]2O[C@H](COC(C)=O)[C@@H](OC(C)=O)[C@H](OC(C)=O)[C@@H]2OC(C)=O)c2ccc(OC/C=C(\C)CCC=C(C)C)cc2oc1=O. The predicted molar refractivity (Wildman–Crippen MR) is 177 cm³/mol. The van der Waals surface area contributed by atoms with Gasteiger partial charge in [-0.3, -0.25) is 19.2 Å². The predicted octanol–water partition coefficient (Wildman–Crippen LogP) is 4.69. The van der Waals surface area contributed by atoms with Gasteiger partial charge in [0.2, 0.25) is 12.4 Å². The van der Waals surface area contributed by atoms with Crippen LogP contribution in [0.4, 0.5) is 0 Å². The highest BCUT2D eigenvalue weighted by molar-refractivity contribution is 5.87. The normalized spacial score (nSPS) is 20.0. The topological polar surface area (TPSA) is 172 Å². The van der Waals surface area contributed by atoms with Crippen LogP contribution in [0, 0.1) is 12.0 Å². The van der Waals surface area contributed by atoms with Gasteiger partial charge >= 0.3 is 29.5 Å². The minimum Gasteiger partial charge on any atom is -0.489 e. The van der Waals surface area contributed by atoms with Gasteiger partial charge in [0.25, 0.3) is 5.75 Å². The van der Waals surface area contributed by atoms with Crippen molar-refractivity contribution in [2.45, 2.75) is 98.9 Å². The van der Waals surface area contributed by atoms with Crippen LogP contribution in [0.5, 0.6) is 17.2 Å². The lowest BCUT2D eigenvalue weighted by molar-refractivity contribution is -0.288. The minimum absolute atomic E-state index is 0.0363. The number of carbonyl (C=O) groups is 4. The third kappa shape index (κ3) is 11.4. The molecule has 0 unspecified atom stereocenters. The fraction of sp³-hybridized carbons (Fsp3) is 0.472. The summed E-state index contributed by atoms with van der Waals surface area (Å²) in [5.41, 5.74) is 1.45. The maximum absolute atomic E-state index is 13.2. The average molecular weight is 699 g/mol. The fourth-order valence-electron chi connectivity index (χ4n) is 4.90. The van der Waals surface area contributed by atoms with Crippen molar-refractivity contribution in [3.05, 3.63) is 51.9 Å². The highest BCUT2D eigenvalue weighted by atomic mass is 16.7. The summed E-state index contributed by atoms with van der Waals surface area (Å²) >= 11 is 0. The quantitative estimate of drug-likeness (QED) is 0.0875. The Labute approximate surface area is 289 Å². The Morgan fingerprint density at radius 2 is 1.50 bits per heavy atom. The first kappa shape index (κ1) is 39.2. The summed E-state index contributed by atoms with van der Waals surface area (Å²) in [4.78, 5) is 61.6. The molecule has 0 N–H and O–H groups in total. The van der Waals surface area contributed by atoms with E-state index < -0.39 is 72.6 Å². The number of hydrogen-bond donors (Lipinski definition) is 0. The number of ether oxygens (including phenoxy) is 8. The van der Waals surface area contributed by atoms with Crippen LogP contribution in [-0.2, 0) is 42.9 Å². The lowest BCUT2D eigenvalue weighted by atomic mass is 9.98. The van der Waals surface area contributed by atoms with Crippen LogP contribution < -0.4 is 19.8 Å². The molecule has 0 aliphatic carbocycles. The van der Waals surface area contributed by atoms with E-state index in [0.29, 0.717) is 5.75 Å². The van der Waals surface area contributed by atoms with E-state index in [2.05, 4.69) is 18.1 Å². The maximum Gasteiger partial charge on any atom is 0.384 e. The van der Waals surface area contributed by atoms with E-state index in [1.165, 1.54) is 18.6 Å². The largest absolute Gasteiger partial charge is 0.489 e. The van der Waals surface area contributed by atoms with Crippen molar-refractivity contribution in [1.29, 1.82) is 0 Å². The number of allylic oxidation sites excluding steroid dienone is 3. The molecule has 2 aromatic rings. The Morgan fingerprint density at radius 1 is 0.840 bits per heavy atom. The number of hydrogen-bond acceptors (Lipinski definition) is 14. The van der Waals surface area contributed by atoms with Gasteiger partial charge in [-0.1, -0.05) is 23.1 Å². The number of rotatable bonds is 14. The van der Waals surface area contributed by atoms with Gasteiger partial charge in [-0.25, -0.2) is 4.79 Å². The van der Waals surface area contributed by atoms with Gasteiger partial charge < -0.3 is 42.3 Å². The van der Waals surface area contributed by atoms with Crippen molar-refractivity contribution in [1.82, 2.24) is 0 Å². The van der Waals surface area contributed by atoms with E-state index in [4.69, 9.17) is 42.3 Å². The third-order valence-electron chi connectivity index (χ3n) is 7.00. The second-order valence-electron chi connectivity index (χ2n) is 11.5. The van der Waals surface area contributed by atoms with Crippen LogP contribution in [0.3, 0.4) is 0 Å². The molecule has 14 heteroatoms. The van der Waals surface area contributed by atoms with Crippen molar-refractivity contribution in [3.8, 4) is 29.3 Å². The summed E-state index contributed by atoms with van der Waals surface area (Å²) in [5, 5.41) is 0.200. The summed E-state index contributed by atoms with van der Waals surface area (Å²) < 4.78 is 50.6. The maximum atomic E-state index is 13.2. The molecule has 1 aromatic carbocycles.